The Kier molecular flexibility index (Phi) is 10.3. The molecule has 0 N–H and O–H groups in total. The van der Waals surface area contributed by atoms with Crippen LogP contribution in [0.1, 0.15) is 110 Å². The fourth-order valence-electron chi connectivity index (χ4n) is 11.3. The number of hydrogen-bond acceptors (Lipinski definition) is 0. The van der Waals surface area contributed by atoms with E-state index in [-0.39, 0.29) is 30.0 Å². The molecule has 0 spiro atoms. The number of halogens is 2. The first-order chi connectivity index (χ1) is 28.4. The van der Waals surface area contributed by atoms with Gasteiger partial charge in [0.15, 0.2) is 0 Å². The Hall–Kier alpha value is -3.53. The molecule has 9 rings (SSSR count). The summed E-state index contributed by atoms with van der Waals surface area (Å²) in [4.78, 5) is 0. The van der Waals surface area contributed by atoms with Gasteiger partial charge >= 0.3 is 373 Å². The van der Waals surface area contributed by atoms with Crippen molar-refractivity contribution in [3.63, 3.8) is 0 Å². The van der Waals surface area contributed by atoms with Gasteiger partial charge in [-0.05, 0) is 0 Å². The minimum absolute atomic E-state index is 0.0241. The van der Waals surface area contributed by atoms with Gasteiger partial charge in [-0.1, -0.05) is 0 Å². The number of fused-ring (bicyclic) bond motifs is 5. The Morgan fingerprint density at radius 1 is 0.467 bits per heavy atom. The van der Waals surface area contributed by atoms with Crippen LogP contribution >= 0.6 is 17.2 Å². The first-order valence-electron chi connectivity index (χ1n) is 22.1. The van der Waals surface area contributed by atoms with Crippen LogP contribution in [0.15, 0.2) is 139 Å². The molecule has 0 saturated heterocycles. The summed E-state index contributed by atoms with van der Waals surface area (Å²) < 4.78 is 1.07. The Labute approximate surface area is 370 Å². The third kappa shape index (κ3) is 6.44. The fourth-order valence-corrected chi connectivity index (χ4v) is 50.8. The molecule has 4 heteroatoms. The molecule has 1 heterocycles. The maximum atomic E-state index is 9.42. The second-order valence-electron chi connectivity index (χ2n) is 20.5. The summed E-state index contributed by atoms with van der Waals surface area (Å²) in [5, 5.41) is 2.96. The molecule has 2 unspecified atom stereocenters. The van der Waals surface area contributed by atoms with Crippen molar-refractivity contribution < 1.29 is 16.1 Å². The topological polar surface area (TPSA) is 0 Å². The Morgan fingerprint density at radius 3 is 1.33 bits per heavy atom. The van der Waals surface area contributed by atoms with E-state index in [0.29, 0.717) is 0 Å². The molecule has 0 radical (unpaired) electrons. The van der Waals surface area contributed by atoms with Gasteiger partial charge in [0.2, 0.25) is 0 Å². The van der Waals surface area contributed by atoms with E-state index >= 15 is 0 Å². The molecule has 0 aromatic heterocycles. The molecular weight excluding hydrogens is 950 g/mol. The first kappa shape index (κ1) is 41.8. The number of rotatable bonds is 7. The van der Waals surface area contributed by atoms with Crippen LogP contribution in [0, 0.1) is 11.8 Å². The van der Waals surface area contributed by atoms with Gasteiger partial charge in [0.05, 0.1) is 0 Å². The van der Waals surface area contributed by atoms with Crippen LogP contribution in [-0.4, -0.2) is 9.52 Å². The van der Waals surface area contributed by atoms with Gasteiger partial charge in [-0.25, -0.2) is 0 Å². The molecule has 6 aromatic rings. The Bertz CT molecular complexity index is 2630. The van der Waals surface area contributed by atoms with Crippen molar-refractivity contribution >= 4 is 52.5 Å². The number of allylic oxidation sites excluding steroid dienone is 2. The summed E-state index contributed by atoms with van der Waals surface area (Å²) in [6, 6.07) is 48.1. The average Bonchev–Trinajstić information content (AvgIpc) is 3.93. The summed E-state index contributed by atoms with van der Waals surface area (Å²) in [7, 11) is 18.0. The molecule has 0 amide bonds. The Balaban J connectivity index is 1.38. The SMILES string of the molecule is CC(C)C1=Cc2c(-c3ccccc3C(C)(C)C)cccc2[CH]1[Hf]([Cl])([Cl])([c]1cccc2c1[SiH2]c1ccccc1-2)[CH]1C(C(C)C)=Cc2c(-c3ccccc3C(C)(C)C)cccc21. The van der Waals surface area contributed by atoms with Crippen LogP contribution in [0.4, 0.5) is 0 Å². The quantitative estimate of drug-likeness (QED) is 0.140. The van der Waals surface area contributed by atoms with Crippen LogP contribution in [0.3, 0.4) is 0 Å². The second kappa shape index (κ2) is 14.8. The molecule has 0 fully saturated rings. The van der Waals surface area contributed by atoms with Gasteiger partial charge in [-0.3, -0.25) is 0 Å². The van der Waals surface area contributed by atoms with Crippen molar-refractivity contribution in [2.24, 2.45) is 11.8 Å². The van der Waals surface area contributed by atoms with E-state index in [4.69, 9.17) is 0 Å². The van der Waals surface area contributed by atoms with Crippen LogP contribution in [-0.2, 0) is 27.0 Å². The molecule has 0 nitrogen and oxygen atoms in total. The van der Waals surface area contributed by atoms with Gasteiger partial charge in [-0.15, -0.1) is 0 Å². The average molecular weight is 1010 g/mol. The summed E-state index contributed by atoms with van der Waals surface area (Å²) in [5.74, 6) is 0.481. The number of benzene rings is 6. The van der Waals surface area contributed by atoms with Crippen LogP contribution < -0.4 is 13.7 Å². The van der Waals surface area contributed by atoms with Crippen molar-refractivity contribution in [2.45, 2.75) is 87.4 Å². The molecule has 0 bridgehead atoms. The van der Waals surface area contributed by atoms with Gasteiger partial charge in [0.25, 0.3) is 0 Å². The van der Waals surface area contributed by atoms with Crippen molar-refractivity contribution in [1.29, 1.82) is 0 Å². The normalized spacial score (nSPS) is 18.2. The van der Waals surface area contributed by atoms with Gasteiger partial charge in [0, 0.05) is 0 Å². The standard InChI is InChI=1S/2C22H25.C12H9Si.2ClH.Hf/c2*1-15(2)17-13-16-9-8-11-18(20(16)14-17)19-10-6-7-12-21(19)22(3,4)5;1-3-7-11-9(5-1)10-6-2-4-8-12(10)13-11;;;/h2*6-15H,1-5H3;1-7H,13H2;2*1H;/q;;;;;+2/p-2. The molecule has 60 heavy (non-hydrogen) atoms. The third-order valence-corrected chi connectivity index (χ3v) is 45.5. The zero-order chi connectivity index (χ0) is 42.5. The molecule has 2 atom stereocenters. The zero-order valence-electron chi connectivity index (χ0n) is 37.1. The predicted molar refractivity (Wildman–Crippen MR) is 263 cm³/mol. The van der Waals surface area contributed by atoms with E-state index in [9.17, 15) is 17.2 Å². The van der Waals surface area contributed by atoms with E-state index in [2.05, 4.69) is 209 Å². The van der Waals surface area contributed by atoms with E-state index < -0.39 is 25.7 Å². The predicted octanol–water partition coefficient (Wildman–Crippen LogP) is 13.9. The van der Waals surface area contributed by atoms with Crippen molar-refractivity contribution in [2.75, 3.05) is 0 Å². The molecule has 1 aliphatic heterocycles. The molecule has 305 valence electrons. The van der Waals surface area contributed by atoms with Crippen LogP contribution in [0.2, 0.25) is 0 Å². The zero-order valence-corrected chi connectivity index (χ0v) is 43.6. The monoisotopic (exact) mass is 1010 g/mol. The third-order valence-electron chi connectivity index (χ3n) is 14.0. The van der Waals surface area contributed by atoms with E-state index in [0.717, 1.165) is 0 Å². The molecule has 0 saturated carbocycles. The van der Waals surface area contributed by atoms with E-state index in [1.54, 1.807) is 0 Å². The van der Waals surface area contributed by atoms with E-state index in [1.165, 1.54) is 91.6 Å². The van der Waals surface area contributed by atoms with Crippen molar-refractivity contribution in [3.05, 3.63) is 172 Å². The summed E-state index contributed by atoms with van der Waals surface area (Å²) >= 11 is -5.88. The van der Waals surface area contributed by atoms with Crippen molar-refractivity contribution in [1.82, 2.24) is 0 Å². The Morgan fingerprint density at radius 2 is 0.867 bits per heavy atom. The minimum atomic E-state index is -5.88. The number of hydrogen-bond donors (Lipinski definition) is 0. The van der Waals surface area contributed by atoms with E-state index in [1.807, 2.05) is 0 Å². The summed E-state index contributed by atoms with van der Waals surface area (Å²) in [6.07, 6.45) is 5.06. The van der Waals surface area contributed by atoms with Crippen molar-refractivity contribution in [3.8, 4) is 33.4 Å². The molecule has 3 aliphatic rings. The first-order valence-corrected chi connectivity index (χ1v) is 38.3. The second-order valence-corrected chi connectivity index (χ2v) is 51.6. The van der Waals surface area contributed by atoms with Gasteiger partial charge in [-0.2, -0.15) is 0 Å². The summed E-state index contributed by atoms with van der Waals surface area (Å²) in [5.41, 5.74) is 18.5. The van der Waals surface area contributed by atoms with Crippen LogP contribution in [0.5, 0.6) is 0 Å². The van der Waals surface area contributed by atoms with Gasteiger partial charge < -0.3 is 0 Å². The molecule has 6 aromatic carbocycles. The summed E-state index contributed by atoms with van der Waals surface area (Å²) in [6.45, 7) is 23.4. The maximum absolute atomic E-state index is 9.42. The molecule has 2 aliphatic carbocycles. The fraction of sp³-hybridized carbons (Fsp3) is 0.286. The van der Waals surface area contributed by atoms with Gasteiger partial charge in [0.1, 0.15) is 0 Å². The molecular formula is C56H59Cl2HfSi. The van der Waals surface area contributed by atoms with Crippen LogP contribution in [0.25, 0.3) is 45.5 Å².